The van der Waals surface area contributed by atoms with E-state index in [2.05, 4.69) is 32.5 Å². The van der Waals surface area contributed by atoms with Gasteiger partial charge in [0.25, 0.3) is 0 Å². The molecule has 2 aromatic rings. The molecule has 1 fully saturated rings. The van der Waals surface area contributed by atoms with E-state index in [0.29, 0.717) is 12.5 Å². The highest BCUT2D eigenvalue weighted by molar-refractivity contribution is 5.40. The minimum absolute atomic E-state index is 0.469. The van der Waals surface area contributed by atoms with Gasteiger partial charge in [-0.2, -0.15) is 0 Å². The van der Waals surface area contributed by atoms with Crippen LogP contribution in [0.3, 0.4) is 0 Å². The molecular formula is C14H21N5. The van der Waals surface area contributed by atoms with E-state index < -0.39 is 0 Å². The van der Waals surface area contributed by atoms with Gasteiger partial charge in [0.15, 0.2) is 5.65 Å². The fourth-order valence-corrected chi connectivity index (χ4v) is 3.01. The Hall–Kier alpha value is -1.46. The SMILES string of the molecule is CCN1CCCC(c2nnc3cccc(CN)n23)C1. The molecule has 1 unspecified atom stereocenters. The molecule has 0 bridgehead atoms. The van der Waals surface area contributed by atoms with Crippen molar-refractivity contribution in [3.05, 3.63) is 29.7 Å². The predicted octanol–water partition coefficient (Wildman–Crippen LogP) is 1.39. The Kier molecular flexibility index (Phi) is 3.48. The number of nitrogens with two attached hydrogens (primary N) is 1. The molecule has 5 nitrogen and oxygen atoms in total. The molecule has 1 atom stereocenters. The van der Waals surface area contributed by atoms with Gasteiger partial charge in [0.05, 0.1) is 0 Å². The van der Waals surface area contributed by atoms with Crippen LogP contribution >= 0.6 is 0 Å². The van der Waals surface area contributed by atoms with E-state index in [0.717, 1.165) is 30.3 Å². The van der Waals surface area contributed by atoms with Crippen LogP contribution in [-0.4, -0.2) is 39.1 Å². The lowest BCUT2D eigenvalue weighted by Crippen LogP contribution is -2.34. The largest absolute Gasteiger partial charge is 0.325 e. The molecule has 19 heavy (non-hydrogen) atoms. The summed E-state index contributed by atoms with van der Waals surface area (Å²) >= 11 is 0. The fourth-order valence-electron chi connectivity index (χ4n) is 3.01. The number of aromatic nitrogens is 3. The van der Waals surface area contributed by atoms with Crippen molar-refractivity contribution in [1.29, 1.82) is 0 Å². The third-order valence-corrected chi connectivity index (χ3v) is 4.06. The van der Waals surface area contributed by atoms with Crippen molar-refractivity contribution in [3.63, 3.8) is 0 Å². The molecule has 0 saturated carbocycles. The number of rotatable bonds is 3. The highest BCUT2D eigenvalue weighted by Gasteiger charge is 2.25. The van der Waals surface area contributed by atoms with Crippen molar-refractivity contribution in [2.24, 2.45) is 5.73 Å². The monoisotopic (exact) mass is 259 g/mol. The van der Waals surface area contributed by atoms with Gasteiger partial charge in [0.1, 0.15) is 5.82 Å². The van der Waals surface area contributed by atoms with Crippen LogP contribution in [0.25, 0.3) is 5.65 Å². The summed E-state index contributed by atoms with van der Waals surface area (Å²) in [6.07, 6.45) is 2.43. The van der Waals surface area contributed by atoms with E-state index in [4.69, 9.17) is 5.73 Å². The Morgan fingerprint density at radius 3 is 3.05 bits per heavy atom. The van der Waals surface area contributed by atoms with Crippen LogP contribution in [0.15, 0.2) is 18.2 Å². The zero-order valence-corrected chi connectivity index (χ0v) is 11.4. The van der Waals surface area contributed by atoms with Gasteiger partial charge in [-0.25, -0.2) is 0 Å². The van der Waals surface area contributed by atoms with E-state index >= 15 is 0 Å². The highest BCUT2D eigenvalue weighted by atomic mass is 15.3. The average Bonchev–Trinajstić information content (AvgIpc) is 2.91. The molecule has 102 valence electrons. The van der Waals surface area contributed by atoms with Crippen LogP contribution in [0.1, 0.15) is 37.2 Å². The summed E-state index contributed by atoms with van der Waals surface area (Å²) in [5.74, 6) is 1.55. The second kappa shape index (κ2) is 5.27. The molecule has 0 amide bonds. The molecule has 3 heterocycles. The first kappa shape index (κ1) is 12.6. The second-order valence-corrected chi connectivity index (χ2v) is 5.21. The van der Waals surface area contributed by atoms with Crippen LogP contribution in [0.5, 0.6) is 0 Å². The van der Waals surface area contributed by atoms with E-state index in [1.165, 1.54) is 19.4 Å². The normalized spacial score (nSPS) is 21.1. The third kappa shape index (κ3) is 2.24. The topological polar surface area (TPSA) is 59.5 Å². The minimum atomic E-state index is 0.469. The molecule has 0 radical (unpaired) electrons. The quantitative estimate of drug-likeness (QED) is 0.905. The molecule has 0 aromatic carbocycles. The summed E-state index contributed by atoms with van der Waals surface area (Å²) in [5, 5.41) is 8.72. The van der Waals surface area contributed by atoms with Gasteiger partial charge in [-0.15, -0.1) is 10.2 Å². The first-order valence-corrected chi connectivity index (χ1v) is 7.08. The van der Waals surface area contributed by atoms with Crippen LogP contribution in [-0.2, 0) is 6.54 Å². The van der Waals surface area contributed by atoms with Crippen molar-refractivity contribution in [3.8, 4) is 0 Å². The predicted molar refractivity (Wildman–Crippen MR) is 75.0 cm³/mol. The average molecular weight is 259 g/mol. The summed E-state index contributed by atoms with van der Waals surface area (Å²) in [6, 6.07) is 6.05. The van der Waals surface area contributed by atoms with Crippen LogP contribution in [0.4, 0.5) is 0 Å². The molecule has 2 aromatic heterocycles. The number of fused-ring (bicyclic) bond motifs is 1. The maximum atomic E-state index is 5.84. The van der Waals surface area contributed by atoms with Gasteiger partial charge < -0.3 is 10.6 Å². The molecule has 5 heteroatoms. The summed E-state index contributed by atoms with van der Waals surface area (Å²) < 4.78 is 2.14. The lowest BCUT2D eigenvalue weighted by Gasteiger charge is -2.31. The first-order chi connectivity index (χ1) is 9.33. The smallest absolute Gasteiger partial charge is 0.161 e. The van der Waals surface area contributed by atoms with E-state index in [1.54, 1.807) is 0 Å². The molecule has 0 aliphatic carbocycles. The molecule has 3 rings (SSSR count). The van der Waals surface area contributed by atoms with Crippen molar-refractivity contribution in [2.75, 3.05) is 19.6 Å². The van der Waals surface area contributed by atoms with Gasteiger partial charge >= 0.3 is 0 Å². The van der Waals surface area contributed by atoms with Crippen molar-refractivity contribution in [2.45, 2.75) is 32.2 Å². The maximum absolute atomic E-state index is 5.84. The molecule has 1 aliphatic heterocycles. The maximum Gasteiger partial charge on any atom is 0.161 e. The van der Waals surface area contributed by atoms with Crippen molar-refractivity contribution < 1.29 is 0 Å². The fraction of sp³-hybridized carbons (Fsp3) is 0.571. The standard InChI is InChI=1S/C14H21N5/c1-2-18-8-4-5-11(10-18)14-17-16-13-7-3-6-12(9-15)19(13)14/h3,6-7,11H,2,4-5,8-10,15H2,1H3. The highest BCUT2D eigenvalue weighted by Crippen LogP contribution is 2.26. The van der Waals surface area contributed by atoms with Crippen molar-refractivity contribution in [1.82, 2.24) is 19.5 Å². The number of likely N-dealkylation sites (tertiary alicyclic amines) is 1. The Bertz CT molecular complexity index is 562. The molecule has 1 aliphatic rings. The second-order valence-electron chi connectivity index (χ2n) is 5.21. The Balaban J connectivity index is 2.00. The summed E-state index contributed by atoms with van der Waals surface area (Å²) in [7, 11) is 0. The molecule has 1 saturated heterocycles. The number of nitrogens with zero attached hydrogens (tertiary/aromatic N) is 4. The van der Waals surface area contributed by atoms with Gasteiger partial charge in [-0.1, -0.05) is 13.0 Å². The number of likely N-dealkylation sites (N-methyl/N-ethyl adjacent to an activating group) is 1. The lowest BCUT2D eigenvalue weighted by atomic mass is 9.97. The van der Waals surface area contributed by atoms with Crippen LogP contribution in [0.2, 0.25) is 0 Å². The van der Waals surface area contributed by atoms with Gasteiger partial charge in [0, 0.05) is 24.7 Å². The number of hydrogen-bond donors (Lipinski definition) is 1. The van der Waals surface area contributed by atoms with Gasteiger partial charge in [0.2, 0.25) is 0 Å². The molecular weight excluding hydrogens is 238 g/mol. The summed E-state index contributed by atoms with van der Waals surface area (Å²) in [6.45, 7) is 6.13. The summed E-state index contributed by atoms with van der Waals surface area (Å²) in [4.78, 5) is 2.49. The van der Waals surface area contributed by atoms with Crippen LogP contribution < -0.4 is 5.73 Å². The number of hydrogen-bond acceptors (Lipinski definition) is 4. The van der Waals surface area contributed by atoms with E-state index in [1.807, 2.05) is 12.1 Å². The van der Waals surface area contributed by atoms with Gasteiger partial charge in [-0.05, 0) is 38.1 Å². The lowest BCUT2D eigenvalue weighted by molar-refractivity contribution is 0.213. The first-order valence-electron chi connectivity index (χ1n) is 7.08. The summed E-state index contributed by atoms with van der Waals surface area (Å²) in [5.41, 5.74) is 7.84. The van der Waals surface area contributed by atoms with Crippen molar-refractivity contribution >= 4 is 5.65 Å². The third-order valence-electron chi connectivity index (χ3n) is 4.06. The minimum Gasteiger partial charge on any atom is -0.325 e. The zero-order valence-electron chi connectivity index (χ0n) is 11.4. The Labute approximate surface area is 113 Å². The van der Waals surface area contributed by atoms with E-state index in [9.17, 15) is 0 Å². The molecule has 0 spiro atoms. The zero-order chi connectivity index (χ0) is 13.2. The van der Waals surface area contributed by atoms with Crippen LogP contribution in [0, 0.1) is 0 Å². The Morgan fingerprint density at radius 2 is 2.26 bits per heavy atom. The number of piperidine rings is 1. The van der Waals surface area contributed by atoms with Gasteiger partial charge in [-0.3, -0.25) is 4.40 Å². The van der Waals surface area contributed by atoms with E-state index in [-0.39, 0.29) is 0 Å². The Morgan fingerprint density at radius 1 is 1.37 bits per heavy atom. The molecule has 2 N–H and O–H groups in total. The number of pyridine rings is 1.